The van der Waals surface area contributed by atoms with Gasteiger partial charge in [-0.1, -0.05) is 25.7 Å². The van der Waals surface area contributed by atoms with Gasteiger partial charge in [-0.3, -0.25) is 0 Å². The van der Waals surface area contributed by atoms with Gasteiger partial charge >= 0.3 is 0 Å². The molecule has 1 unspecified atom stereocenters. The molecule has 136 valence electrons. The third-order valence-electron chi connectivity index (χ3n) is 4.67. The van der Waals surface area contributed by atoms with Crippen molar-refractivity contribution in [3.8, 4) is 0 Å². The van der Waals surface area contributed by atoms with Crippen LogP contribution in [-0.2, 0) is 19.7 Å². The molecular weight excluding hydrogens is 346 g/mol. The van der Waals surface area contributed by atoms with Crippen LogP contribution in [0, 0.1) is 5.92 Å². The van der Waals surface area contributed by atoms with E-state index in [0.717, 1.165) is 31.3 Å². The van der Waals surface area contributed by atoms with E-state index in [-0.39, 0.29) is 15.8 Å². The molecule has 1 saturated carbocycles. The maximum atomic E-state index is 12.0. The summed E-state index contributed by atoms with van der Waals surface area (Å²) < 4.78 is 47.5. The second-order valence-corrected chi connectivity index (χ2v) is 11.0. The fourth-order valence-electron chi connectivity index (χ4n) is 3.28. The van der Waals surface area contributed by atoms with Gasteiger partial charge in [-0.05, 0) is 43.9 Å². The summed E-state index contributed by atoms with van der Waals surface area (Å²) in [5.74, 6) is 0.788. The van der Waals surface area contributed by atoms with Crippen LogP contribution in [0.25, 0.3) is 0 Å². The lowest BCUT2D eigenvalue weighted by Crippen LogP contribution is -2.18. The van der Waals surface area contributed by atoms with Gasteiger partial charge in [0.1, 0.15) is 0 Å². The van der Waals surface area contributed by atoms with Crippen LogP contribution >= 0.6 is 0 Å². The Hall–Kier alpha value is -1.08. The maximum absolute atomic E-state index is 12.0. The van der Waals surface area contributed by atoms with Crippen molar-refractivity contribution in [3.05, 3.63) is 18.2 Å². The molecule has 5 nitrogen and oxygen atoms in total. The van der Waals surface area contributed by atoms with Gasteiger partial charge in [-0.2, -0.15) is 0 Å². The Bertz CT molecular complexity index is 779. The van der Waals surface area contributed by atoms with Gasteiger partial charge in [0, 0.05) is 18.6 Å². The molecule has 0 heterocycles. The zero-order valence-electron chi connectivity index (χ0n) is 14.6. The maximum Gasteiger partial charge on any atom is 0.177 e. The minimum atomic E-state index is -3.52. The number of sulfone groups is 2. The van der Waals surface area contributed by atoms with Gasteiger partial charge in [0.25, 0.3) is 0 Å². The normalized spacial score (nSPS) is 17.8. The lowest BCUT2D eigenvalue weighted by Gasteiger charge is -2.19. The molecule has 1 N–H and O–H groups in total. The molecule has 1 atom stereocenters. The average Bonchev–Trinajstić information content (AvgIpc) is 2.96. The number of benzene rings is 1. The van der Waals surface area contributed by atoms with Crippen molar-refractivity contribution in [3.63, 3.8) is 0 Å². The van der Waals surface area contributed by atoms with Crippen LogP contribution in [0.3, 0.4) is 0 Å². The van der Waals surface area contributed by atoms with Gasteiger partial charge in [-0.15, -0.1) is 0 Å². The van der Waals surface area contributed by atoms with Crippen LogP contribution < -0.4 is 5.32 Å². The van der Waals surface area contributed by atoms with Crippen LogP contribution in [0.5, 0.6) is 0 Å². The summed E-state index contributed by atoms with van der Waals surface area (Å²) in [7, 11) is -6.96. The number of anilines is 1. The van der Waals surface area contributed by atoms with Crippen molar-refractivity contribution in [1.29, 1.82) is 0 Å². The monoisotopic (exact) mass is 373 g/mol. The largest absolute Gasteiger partial charge is 0.382 e. The Morgan fingerprint density at radius 1 is 1.08 bits per heavy atom. The Morgan fingerprint density at radius 2 is 1.71 bits per heavy atom. The molecule has 1 fully saturated rings. The van der Waals surface area contributed by atoms with E-state index in [1.165, 1.54) is 37.8 Å². The van der Waals surface area contributed by atoms with E-state index in [2.05, 4.69) is 5.32 Å². The van der Waals surface area contributed by atoms with Crippen molar-refractivity contribution in [2.24, 2.45) is 5.92 Å². The molecule has 1 aromatic carbocycles. The van der Waals surface area contributed by atoms with Crippen molar-refractivity contribution >= 4 is 25.4 Å². The lowest BCUT2D eigenvalue weighted by molar-refractivity contribution is 0.467. The molecule has 24 heavy (non-hydrogen) atoms. The van der Waals surface area contributed by atoms with Crippen molar-refractivity contribution in [2.45, 2.75) is 61.3 Å². The van der Waals surface area contributed by atoms with E-state index in [9.17, 15) is 16.8 Å². The Morgan fingerprint density at radius 3 is 2.25 bits per heavy atom. The quantitative estimate of drug-likeness (QED) is 0.793. The van der Waals surface area contributed by atoms with Crippen LogP contribution in [0.2, 0.25) is 0 Å². The number of hydrogen-bond acceptors (Lipinski definition) is 5. The van der Waals surface area contributed by atoms with Gasteiger partial charge < -0.3 is 5.32 Å². The highest BCUT2D eigenvalue weighted by atomic mass is 32.2. The molecule has 1 aliphatic carbocycles. The van der Waals surface area contributed by atoms with E-state index in [1.807, 2.05) is 6.92 Å². The standard InChI is InChI=1S/C17H27NO4S2/c1-13(8-9-14-6-4-5-7-14)18-16-11-10-15(23(2,19)20)12-17(16)24(3,21)22/h10-14,18H,4-9H2,1-3H3. The van der Waals surface area contributed by atoms with Crippen LogP contribution in [-0.4, -0.2) is 35.4 Å². The average molecular weight is 374 g/mol. The van der Waals surface area contributed by atoms with E-state index < -0.39 is 19.7 Å². The lowest BCUT2D eigenvalue weighted by atomic mass is 9.99. The van der Waals surface area contributed by atoms with E-state index in [0.29, 0.717) is 5.69 Å². The molecule has 0 bridgehead atoms. The fraction of sp³-hybridized carbons (Fsp3) is 0.647. The fourth-order valence-corrected chi connectivity index (χ4v) is 4.87. The molecule has 0 amide bonds. The first kappa shape index (κ1) is 19.2. The second-order valence-electron chi connectivity index (χ2n) is 6.98. The molecule has 1 aliphatic rings. The SMILES string of the molecule is CC(CCC1CCCC1)Nc1ccc(S(C)(=O)=O)cc1S(C)(=O)=O. The second kappa shape index (κ2) is 7.44. The van der Waals surface area contributed by atoms with Crippen molar-refractivity contribution < 1.29 is 16.8 Å². The number of hydrogen-bond donors (Lipinski definition) is 1. The third kappa shape index (κ3) is 5.21. The summed E-state index contributed by atoms with van der Waals surface area (Å²) in [6.45, 7) is 2.03. The summed E-state index contributed by atoms with van der Waals surface area (Å²) in [5.41, 5.74) is 0.476. The Balaban J connectivity index is 2.16. The summed E-state index contributed by atoms with van der Waals surface area (Å²) in [4.78, 5) is 0.0604. The summed E-state index contributed by atoms with van der Waals surface area (Å²) >= 11 is 0. The molecule has 2 rings (SSSR count). The van der Waals surface area contributed by atoms with Crippen LogP contribution in [0.1, 0.15) is 45.4 Å². The topological polar surface area (TPSA) is 80.3 Å². The van der Waals surface area contributed by atoms with Gasteiger partial charge in [0.15, 0.2) is 19.7 Å². The minimum absolute atomic E-state index is 0.0204. The Kier molecular flexibility index (Phi) is 5.96. The highest BCUT2D eigenvalue weighted by Gasteiger charge is 2.20. The highest BCUT2D eigenvalue weighted by Crippen LogP contribution is 2.30. The first-order chi connectivity index (χ1) is 11.1. The molecule has 1 aromatic rings. The number of rotatable bonds is 7. The Labute approximate surface area is 145 Å². The van der Waals surface area contributed by atoms with Crippen LogP contribution in [0.4, 0.5) is 5.69 Å². The zero-order valence-corrected chi connectivity index (χ0v) is 16.2. The van der Waals surface area contributed by atoms with Crippen LogP contribution in [0.15, 0.2) is 28.0 Å². The third-order valence-corrected chi connectivity index (χ3v) is 6.91. The van der Waals surface area contributed by atoms with Crippen molar-refractivity contribution in [1.82, 2.24) is 0 Å². The first-order valence-corrected chi connectivity index (χ1v) is 12.2. The summed E-state index contributed by atoms with van der Waals surface area (Å²) in [6, 6.07) is 4.39. The minimum Gasteiger partial charge on any atom is -0.382 e. The van der Waals surface area contributed by atoms with E-state index in [4.69, 9.17) is 0 Å². The molecule has 0 aliphatic heterocycles. The highest BCUT2D eigenvalue weighted by molar-refractivity contribution is 7.91. The molecule has 0 radical (unpaired) electrons. The molecular formula is C17H27NO4S2. The first-order valence-electron chi connectivity index (χ1n) is 8.38. The van der Waals surface area contributed by atoms with E-state index in [1.54, 1.807) is 6.07 Å². The molecule has 0 aromatic heterocycles. The predicted octanol–water partition coefficient (Wildman–Crippen LogP) is 3.26. The molecule has 0 saturated heterocycles. The smallest absolute Gasteiger partial charge is 0.177 e. The number of nitrogens with one attached hydrogen (secondary N) is 1. The molecule has 7 heteroatoms. The zero-order chi connectivity index (χ0) is 18.0. The van der Waals surface area contributed by atoms with Crippen molar-refractivity contribution in [2.75, 3.05) is 17.8 Å². The van der Waals surface area contributed by atoms with E-state index >= 15 is 0 Å². The van der Waals surface area contributed by atoms with Gasteiger partial charge in [-0.25, -0.2) is 16.8 Å². The summed E-state index contributed by atoms with van der Waals surface area (Å²) in [5, 5.41) is 3.25. The predicted molar refractivity (Wildman–Crippen MR) is 96.9 cm³/mol. The van der Waals surface area contributed by atoms with Gasteiger partial charge in [0.2, 0.25) is 0 Å². The summed E-state index contributed by atoms with van der Waals surface area (Å²) in [6.07, 6.45) is 9.52. The molecule has 0 spiro atoms. The van der Waals surface area contributed by atoms with Gasteiger partial charge in [0.05, 0.1) is 15.5 Å².